The van der Waals surface area contributed by atoms with Crippen LogP contribution in [-0.2, 0) is 19.1 Å². The van der Waals surface area contributed by atoms with Gasteiger partial charge in [-0.25, -0.2) is 9.59 Å². The Labute approximate surface area is 295 Å². The Morgan fingerprint density at radius 2 is 1.84 bits per heavy atom. The normalized spacial score (nSPS) is 25.8. The van der Waals surface area contributed by atoms with Gasteiger partial charge in [0.15, 0.2) is 0 Å². The van der Waals surface area contributed by atoms with Crippen molar-refractivity contribution in [2.75, 3.05) is 13.7 Å². The van der Waals surface area contributed by atoms with Crippen molar-refractivity contribution in [3.05, 3.63) is 53.9 Å². The minimum atomic E-state index is -1.44. The number of rotatable bonds is 6. The van der Waals surface area contributed by atoms with E-state index in [1.807, 2.05) is 53.9 Å². The number of carboxylic acids is 1. The van der Waals surface area contributed by atoms with Crippen LogP contribution < -0.4 is 15.4 Å². The Hall–Kier alpha value is -4.72. The second-order valence-corrected chi connectivity index (χ2v) is 15.1. The summed E-state index contributed by atoms with van der Waals surface area (Å²) in [4.78, 5) is 57.9. The molecule has 266 valence electrons. The quantitative estimate of drug-likeness (QED) is 0.293. The highest BCUT2D eigenvalue weighted by Crippen LogP contribution is 2.46. The van der Waals surface area contributed by atoms with Crippen molar-refractivity contribution in [1.82, 2.24) is 30.5 Å². The molecule has 1 saturated carbocycles. The van der Waals surface area contributed by atoms with Gasteiger partial charge in [0.1, 0.15) is 40.4 Å². The summed E-state index contributed by atoms with van der Waals surface area (Å²) >= 11 is 1.52. The Bertz CT molecular complexity index is 1750. The third-order valence-corrected chi connectivity index (χ3v) is 10.3. The van der Waals surface area contributed by atoms with Crippen LogP contribution in [0.2, 0.25) is 0 Å². The van der Waals surface area contributed by atoms with E-state index in [0.29, 0.717) is 30.0 Å². The molecule has 3 amide bonds. The molecule has 1 saturated heterocycles. The van der Waals surface area contributed by atoms with Gasteiger partial charge >= 0.3 is 12.1 Å². The molecule has 1 aromatic carbocycles. The number of nitrogens with zero attached hydrogens (tertiary/aromatic N) is 4. The van der Waals surface area contributed by atoms with Crippen LogP contribution in [0.4, 0.5) is 4.79 Å². The molecule has 2 aromatic heterocycles. The van der Waals surface area contributed by atoms with Crippen LogP contribution in [-0.4, -0.2) is 85.8 Å². The zero-order chi connectivity index (χ0) is 35.6. The number of ether oxygens (including phenoxy) is 2. The van der Waals surface area contributed by atoms with Crippen molar-refractivity contribution in [2.45, 2.75) is 95.0 Å². The first-order valence-corrected chi connectivity index (χ1v) is 17.9. The topological polar surface area (TPSA) is 165 Å². The first-order chi connectivity index (χ1) is 23.9. The van der Waals surface area contributed by atoms with Gasteiger partial charge in [-0.05, 0) is 82.2 Å². The lowest BCUT2D eigenvalue weighted by Gasteiger charge is -2.30. The molecule has 0 spiro atoms. The second kappa shape index (κ2) is 14.3. The Balaban J connectivity index is 1.35. The van der Waals surface area contributed by atoms with Crippen molar-refractivity contribution in [3.63, 3.8) is 0 Å². The molecule has 13 nitrogen and oxygen atoms in total. The van der Waals surface area contributed by atoms with E-state index < -0.39 is 53.1 Å². The highest BCUT2D eigenvalue weighted by molar-refractivity contribution is 7.13. The van der Waals surface area contributed by atoms with Gasteiger partial charge in [-0.1, -0.05) is 31.1 Å². The number of fused-ring (bicyclic) bond motifs is 2. The summed E-state index contributed by atoms with van der Waals surface area (Å²) in [6.45, 7) is 5.31. The molecule has 3 N–H and O–H groups in total. The fraction of sp³-hybridized carbons (Fsp3) is 0.500. The molecule has 0 radical (unpaired) electrons. The maximum atomic E-state index is 14.4. The van der Waals surface area contributed by atoms with Crippen LogP contribution >= 0.6 is 11.3 Å². The number of methoxy groups -OCH3 is 1. The molecule has 14 heteroatoms. The number of hydrogen-bond donors (Lipinski definition) is 3. The summed E-state index contributed by atoms with van der Waals surface area (Å²) in [6.07, 6.45) is 6.94. The van der Waals surface area contributed by atoms with Crippen molar-refractivity contribution in [2.24, 2.45) is 5.92 Å². The summed E-state index contributed by atoms with van der Waals surface area (Å²) in [5.74, 6) is -1.76. The minimum Gasteiger partial charge on any atom is -0.497 e. The smallest absolute Gasteiger partial charge is 0.408 e. The fourth-order valence-corrected chi connectivity index (χ4v) is 7.41. The van der Waals surface area contributed by atoms with Crippen LogP contribution in [0.1, 0.15) is 71.8 Å². The molecular formula is C36H44N6O7S. The van der Waals surface area contributed by atoms with Gasteiger partial charge in [0.05, 0.1) is 18.0 Å². The number of amides is 3. The number of carbonyl (C=O) groups is 4. The molecule has 2 fully saturated rings. The predicted octanol–water partition coefficient (Wildman–Crippen LogP) is 5.20. The van der Waals surface area contributed by atoms with Gasteiger partial charge in [-0.15, -0.1) is 11.3 Å². The molecule has 0 bridgehead atoms. The van der Waals surface area contributed by atoms with E-state index in [0.717, 1.165) is 29.7 Å². The van der Waals surface area contributed by atoms with E-state index in [9.17, 15) is 24.3 Å². The zero-order valence-electron chi connectivity index (χ0n) is 28.8. The molecule has 5 atom stereocenters. The predicted molar refractivity (Wildman–Crippen MR) is 186 cm³/mol. The van der Waals surface area contributed by atoms with Crippen LogP contribution in [0.25, 0.3) is 21.8 Å². The summed E-state index contributed by atoms with van der Waals surface area (Å²) in [6, 6.07) is 8.89. The molecule has 3 aliphatic rings. The number of aromatic nitrogens is 3. The molecule has 2 aliphatic heterocycles. The lowest BCUT2D eigenvalue weighted by molar-refractivity contribution is -0.145. The molecule has 3 aromatic rings. The van der Waals surface area contributed by atoms with E-state index in [1.54, 1.807) is 32.7 Å². The third-order valence-electron chi connectivity index (χ3n) is 9.40. The summed E-state index contributed by atoms with van der Waals surface area (Å²) < 4.78 is 10.8. The highest BCUT2D eigenvalue weighted by atomic mass is 32.1. The fourth-order valence-electron chi connectivity index (χ4n) is 6.70. The van der Waals surface area contributed by atoms with Crippen LogP contribution in [0, 0.1) is 5.92 Å². The number of carboxylic acid groups (broad SMARTS) is 1. The number of nitrogens with one attached hydrogen (secondary N) is 2. The maximum absolute atomic E-state index is 14.4. The van der Waals surface area contributed by atoms with Crippen LogP contribution in [0.3, 0.4) is 0 Å². The first kappa shape index (κ1) is 35.1. The molecule has 1 aliphatic carbocycles. The number of benzene rings is 1. The number of carbonyl (C=O) groups excluding carboxylic acids is 3. The monoisotopic (exact) mass is 704 g/mol. The van der Waals surface area contributed by atoms with E-state index in [2.05, 4.69) is 10.6 Å². The average Bonchev–Trinajstić information content (AvgIpc) is 3.52. The SMILES string of the molecule is COc1ccc(-c2nn([C@H]3C[C@H]4C(=O)N[C@@]5(C(=O)O)C[C@H]5C=CCCCCC[C@@H](NC(=O)OC(C)(C)C)C(=O)N4C3)nc2-c2cccs2)cc1. The van der Waals surface area contributed by atoms with Gasteiger partial charge < -0.3 is 30.1 Å². The largest absolute Gasteiger partial charge is 0.497 e. The first-order valence-electron chi connectivity index (χ1n) is 17.1. The van der Waals surface area contributed by atoms with Crippen molar-refractivity contribution in [1.29, 1.82) is 0 Å². The lowest BCUT2D eigenvalue weighted by atomic mass is 10.0. The van der Waals surface area contributed by atoms with Crippen molar-refractivity contribution < 1.29 is 33.8 Å². The standard InChI is InChI=1S/C36H44N6O7S/c1-35(2,3)49-34(47)37-26-12-9-7-5-6-8-11-23-20-36(23,33(45)46)38-31(43)27-19-24(21-41(27)32(26)44)42-39-29(22-14-16-25(48-4)17-15-22)30(40-42)28-13-10-18-50-28/h8,10-11,13-18,23-24,26-27H,5-7,9,12,19-21H2,1-4H3,(H,37,47)(H,38,43)(H,45,46)/t23-,24+,26-,27+,36+/m1/s1. The van der Waals surface area contributed by atoms with E-state index in [4.69, 9.17) is 19.7 Å². The second-order valence-electron chi connectivity index (χ2n) is 14.2. The van der Waals surface area contributed by atoms with Crippen molar-refractivity contribution >= 4 is 35.2 Å². The number of thiophene rings is 1. The van der Waals surface area contributed by atoms with Gasteiger partial charge in [0.2, 0.25) is 11.8 Å². The molecule has 0 unspecified atom stereocenters. The molecular weight excluding hydrogens is 660 g/mol. The molecule has 4 heterocycles. The molecule has 6 rings (SSSR count). The van der Waals surface area contributed by atoms with E-state index in [1.165, 1.54) is 16.2 Å². The Morgan fingerprint density at radius 1 is 1.08 bits per heavy atom. The van der Waals surface area contributed by atoms with Gasteiger partial charge in [0, 0.05) is 24.4 Å². The summed E-state index contributed by atoms with van der Waals surface area (Å²) in [5.41, 5.74) is -0.100. The van der Waals surface area contributed by atoms with Crippen molar-refractivity contribution in [3.8, 4) is 27.6 Å². The number of aliphatic carboxylic acids is 1. The summed E-state index contributed by atoms with van der Waals surface area (Å²) in [5, 5.41) is 27.6. The van der Waals surface area contributed by atoms with E-state index >= 15 is 0 Å². The van der Waals surface area contributed by atoms with Crippen LogP contribution in [0.15, 0.2) is 53.9 Å². The summed E-state index contributed by atoms with van der Waals surface area (Å²) in [7, 11) is 1.60. The minimum absolute atomic E-state index is 0.0768. The number of alkyl carbamates (subject to hydrolysis) is 1. The van der Waals surface area contributed by atoms with Crippen LogP contribution in [0.5, 0.6) is 5.75 Å². The lowest BCUT2D eigenvalue weighted by Crippen LogP contribution is -2.56. The number of hydrogen-bond acceptors (Lipinski definition) is 9. The Morgan fingerprint density at radius 3 is 2.52 bits per heavy atom. The van der Waals surface area contributed by atoms with Gasteiger partial charge in [-0.2, -0.15) is 15.0 Å². The average molecular weight is 705 g/mol. The van der Waals surface area contributed by atoms with Gasteiger partial charge in [0.25, 0.3) is 0 Å². The zero-order valence-corrected chi connectivity index (χ0v) is 29.6. The number of allylic oxidation sites excluding steroid dienone is 1. The highest BCUT2D eigenvalue weighted by Gasteiger charge is 2.61. The van der Waals surface area contributed by atoms with E-state index in [-0.39, 0.29) is 25.3 Å². The van der Waals surface area contributed by atoms with Gasteiger partial charge in [-0.3, -0.25) is 9.59 Å². The Kier molecular flexibility index (Phi) is 10.0. The molecule has 50 heavy (non-hydrogen) atoms. The maximum Gasteiger partial charge on any atom is 0.408 e. The third kappa shape index (κ3) is 7.54.